The highest BCUT2D eigenvalue weighted by atomic mass is 35.5. The van der Waals surface area contributed by atoms with Crippen LogP contribution in [-0.2, 0) is 12.7 Å². The fourth-order valence-electron chi connectivity index (χ4n) is 3.69. The minimum atomic E-state index is -4.68. The molecule has 0 saturated heterocycles. The summed E-state index contributed by atoms with van der Waals surface area (Å²) in [6, 6.07) is 6.95. The summed E-state index contributed by atoms with van der Waals surface area (Å²) in [7, 11) is 0. The molecule has 0 spiro atoms. The van der Waals surface area contributed by atoms with Crippen molar-refractivity contribution in [3.8, 4) is 5.82 Å². The second-order valence-corrected chi connectivity index (χ2v) is 10.8. The Labute approximate surface area is 250 Å². The third-order valence-corrected chi connectivity index (χ3v) is 7.06. The normalized spacial score (nSPS) is 12.3. The molecular formula is C24H20Cl3F3N8O2S. The quantitative estimate of drug-likeness (QED) is 0.242. The number of hydrogen-bond donors (Lipinski definition) is 2. The molecule has 0 saturated carbocycles. The Morgan fingerprint density at radius 2 is 1.88 bits per heavy atom. The summed E-state index contributed by atoms with van der Waals surface area (Å²) in [6.45, 7) is 1.56. The molecule has 4 rings (SSSR count). The fourth-order valence-corrected chi connectivity index (χ4v) is 5.01. The predicted molar refractivity (Wildman–Crippen MR) is 150 cm³/mol. The second-order valence-electron chi connectivity index (χ2n) is 8.63. The highest BCUT2D eigenvalue weighted by Gasteiger charge is 2.34. The van der Waals surface area contributed by atoms with Gasteiger partial charge in [-0.3, -0.25) is 9.59 Å². The molecule has 0 aliphatic carbocycles. The summed E-state index contributed by atoms with van der Waals surface area (Å²) >= 11 is 20.4. The molecule has 17 heteroatoms. The lowest BCUT2D eigenvalue weighted by atomic mass is 10.1. The van der Waals surface area contributed by atoms with Crippen molar-refractivity contribution in [1.82, 2.24) is 35.1 Å². The summed E-state index contributed by atoms with van der Waals surface area (Å²) in [5.74, 6) is -0.563. The lowest BCUT2D eigenvalue weighted by Gasteiger charge is -2.17. The van der Waals surface area contributed by atoms with Crippen LogP contribution in [0.3, 0.4) is 0 Å². The van der Waals surface area contributed by atoms with Crippen LogP contribution >= 0.6 is 46.6 Å². The van der Waals surface area contributed by atoms with Crippen LogP contribution in [0.4, 0.5) is 18.9 Å². The van der Waals surface area contributed by atoms with Crippen molar-refractivity contribution in [3.63, 3.8) is 0 Å². The van der Waals surface area contributed by atoms with Crippen molar-refractivity contribution in [2.45, 2.75) is 25.7 Å². The topological polar surface area (TPSA) is 120 Å². The molecule has 1 atom stereocenters. The number of alkyl halides is 3. The van der Waals surface area contributed by atoms with E-state index < -0.39 is 23.7 Å². The highest BCUT2D eigenvalue weighted by molar-refractivity contribution is 7.98. The molecular weight excluding hydrogens is 628 g/mol. The number of amides is 2. The number of pyridine rings is 1. The van der Waals surface area contributed by atoms with E-state index in [4.69, 9.17) is 34.8 Å². The van der Waals surface area contributed by atoms with Crippen molar-refractivity contribution in [3.05, 3.63) is 80.4 Å². The molecule has 216 valence electrons. The van der Waals surface area contributed by atoms with Crippen molar-refractivity contribution >= 4 is 64.1 Å². The van der Waals surface area contributed by atoms with Crippen molar-refractivity contribution in [2.24, 2.45) is 0 Å². The molecule has 41 heavy (non-hydrogen) atoms. The molecule has 3 heterocycles. The summed E-state index contributed by atoms with van der Waals surface area (Å²) in [5, 5.41) is 16.7. The number of carbonyl (C=O) groups is 2. The van der Waals surface area contributed by atoms with E-state index in [9.17, 15) is 22.8 Å². The summed E-state index contributed by atoms with van der Waals surface area (Å²) in [4.78, 5) is 30.8. The zero-order valence-corrected chi connectivity index (χ0v) is 24.3. The number of thioether (sulfide) groups is 1. The maximum Gasteiger partial charge on any atom is 0.436 e. The smallest absolute Gasteiger partial charge is 0.349 e. The molecule has 2 amide bonds. The molecule has 0 unspecified atom stereocenters. The first-order chi connectivity index (χ1) is 19.4. The van der Waals surface area contributed by atoms with Crippen LogP contribution in [-0.4, -0.2) is 59.6 Å². The van der Waals surface area contributed by atoms with E-state index in [0.717, 1.165) is 9.36 Å². The van der Waals surface area contributed by atoms with Gasteiger partial charge in [-0.25, -0.2) is 14.3 Å². The number of carbonyl (C=O) groups excluding carboxylic acids is 2. The lowest BCUT2D eigenvalue weighted by molar-refractivity contribution is -0.141. The zero-order valence-electron chi connectivity index (χ0n) is 21.2. The minimum absolute atomic E-state index is 0.00188. The van der Waals surface area contributed by atoms with Crippen molar-refractivity contribution in [1.29, 1.82) is 0 Å². The molecule has 3 aromatic heterocycles. The van der Waals surface area contributed by atoms with Gasteiger partial charge in [0.05, 0.1) is 39.7 Å². The van der Waals surface area contributed by atoms with Gasteiger partial charge < -0.3 is 10.6 Å². The van der Waals surface area contributed by atoms with Gasteiger partial charge in [-0.2, -0.15) is 30.0 Å². The zero-order chi connectivity index (χ0) is 29.9. The predicted octanol–water partition coefficient (Wildman–Crippen LogP) is 5.62. The van der Waals surface area contributed by atoms with Gasteiger partial charge in [0.25, 0.3) is 11.8 Å². The summed E-state index contributed by atoms with van der Waals surface area (Å²) in [6.07, 6.45) is -0.651. The number of benzene rings is 1. The Morgan fingerprint density at radius 1 is 1.12 bits per heavy atom. The third kappa shape index (κ3) is 7.31. The fraction of sp³-hybridized carbons (Fsp3) is 0.250. The number of anilines is 1. The lowest BCUT2D eigenvalue weighted by Crippen LogP contribution is -2.35. The van der Waals surface area contributed by atoms with Gasteiger partial charge in [0.2, 0.25) is 0 Å². The van der Waals surface area contributed by atoms with E-state index in [1.165, 1.54) is 30.5 Å². The molecule has 0 aliphatic rings. The average Bonchev–Trinajstić information content (AvgIpc) is 3.53. The second kappa shape index (κ2) is 12.7. The van der Waals surface area contributed by atoms with E-state index in [1.54, 1.807) is 17.8 Å². The SMILES string of the molecule is CSC[C@H](C)NC(=O)c1cc(Cl)cc(Cl)c1NC(=O)c1cc(Cn2cc(C(F)(F)F)nn2)nn1-c1ncccc1Cl. The first kappa shape index (κ1) is 30.6. The number of rotatable bonds is 9. The Morgan fingerprint density at radius 3 is 2.54 bits per heavy atom. The highest BCUT2D eigenvalue weighted by Crippen LogP contribution is 2.32. The molecule has 10 nitrogen and oxygen atoms in total. The van der Waals surface area contributed by atoms with Gasteiger partial charge in [0, 0.05) is 23.0 Å². The first-order valence-electron chi connectivity index (χ1n) is 11.6. The standard InChI is InChI=1S/C24H20Cl3F3N8O2S/c1-12(11-41-2)32-22(39)15-6-13(25)7-17(27)20(15)33-23(40)18-8-14(9-37-10-19(34-36-37)24(28,29)30)35-38(18)21-16(26)4-3-5-31-21/h3-8,10,12H,9,11H2,1-2H3,(H,32,39)(H,33,40)/t12-/m0/s1. The summed E-state index contributed by atoms with van der Waals surface area (Å²) < 4.78 is 41.0. The van der Waals surface area contributed by atoms with E-state index in [0.29, 0.717) is 11.9 Å². The molecule has 0 bridgehead atoms. The molecule has 0 fully saturated rings. The maximum atomic E-state index is 13.6. The first-order valence-corrected chi connectivity index (χ1v) is 14.2. The van der Waals surface area contributed by atoms with E-state index >= 15 is 0 Å². The number of hydrogen-bond acceptors (Lipinski definition) is 7. The van der Waals surface area contributed by atoms with E-state index in [-0.39, 0.29) is 56.1 Å². The monoisotopic (exact) mass is 646 g/mol. The molecule has 0 aliphatic heterocycles. The van der Waals surface area contributed by atoms with Crippen LogP contribution in [0.15, 0.2) is 42.7 Å². The van der Waals surface area contributed by atoms with Crippen LogP contribution in [0.1, 0.15) is 39.2 Å². The van der Waals surface area contributed by atoms with Crippen LogP contribution in [0.25, 0.3) is 5.82 Å². The van der Waals surface area contributed by atoms with Crippen LogP contribution in [0, 0.1) is 0 Å². The van der Waals surface area contributed by atoms with Crippen molar-refractivity contribution in [2.75, 3.05) is 17.3 Å². The van der Waals surface area contributed by atoms with Crippen LogP contribution in [0.2, 0.25) is 15.1 Å². The Balaban J connectivity index is 1.71. The average molecular weight is 648 g/mol. The number of aromatic nitrogens is 6. The van der Waals surface area contributed by atoms with Crippen LogP contribution < -0.4 is 10.6 Å². The van der Waals surface area contributed by atoms with E-state index in [1.807, 2.05) is 13.2 Å². The van der Waals surface area contributed by atoms with Gasteiger partial charge in [-0.05, 0) is 43.5 Å². The molecule has 0 radical (unpaired) electrons. The van der Waals surface area contributed by atoms with Gasteiger partial charge in [0.15, 0.2) is 11.5 Å². The van der Waals surface area contributed by atoms with Gasteiger partial charge in [-0.1, -0.05) is 40.0 Å². The van der Waals surface area contributed by atoms with Gasteiger partial charge >= 0.3 is 6.18 Å². The molecule has 2 N–H and O–H groups in total. The third-order valence-electron chi connectivity index (χ3n) is 5.42. The Hall–Kier alpha value is -3.33. The number of halogens is 6. The molecule has 1 aromatic carbocycles. The number of nitrogens with zero attached hydrogens (tertiary/aromatic N) is 6. The Kier molecular flexibility index (Phi) is 9.47. The molecule has 4 aromatic rings. The van der Waals surface area contributed by atoms with Crippen LogP contribution in [0.5, 0.6) is 0 Å². The Bertz CT molecular complexity index is 1590. The van der Waals surface area contributed by atoms with Crippen molar-refractivity contribution < 1.29 is 22.8 Å². The summed E-state index contributed by atoms with van der Waals surface area (Å²) in [5.41, 5.74) is -1.14. The minimum Gasteiger partial charge on any atom is -0.349 e. The largest absolute Gasteiger partial charge is 0.436 e. The van der Waals surface area contributed by atoms with E-state index in [2.05, 4.69) is 31.0 Å². The van der Waals surface area contributed by atoms with Gasteiger partial charge in [-0.15, -0.1) is 5.10 Å². The van der Waals surface area contributed by atoms with Gasteiger partial charge in [0.1, 0.15) is 5.69 Å². The maximum absolute atomic E-state index is 13.6. The number of nitrogens with one attached hydrogen (secondary N) is 2.